The van der Waals surface area contributed by atoms with Crippen molar-refractivity contribution in [3.05, 3.63) is 0 Å². The van der Waals surface area contributed by atoms with Crippen LogP contribution in [-0.4, -0.2) is 39.5 Å². The van der Waals surface area contributed by atoms with E-state index in [0.29, 0.717) is 6.10 Å². The second kappa shape index (κ2) is 4.66. The van der Waals surface area contributed by atoms with Crippen LogP contribution < -0.4 is 5.32 Å². The fourth-order valence-corrected chi connectivity index (χ4v) is 0.730. The fraction of sp³-hybridized carbons (Fsp3) is 1.00. The minimum absolute atomic E-state index is 0.412. The molecule has 1 atom stereocenters. The summed E-state index contributed by atoms with van der Waals surface area (Å²) in [5.74, 6) is 0. The Hall–Kier alpha value is -0.120. The molecule has 1 saturated heterocycles. The summed E-state index contributed by atoms with van der Waals surface area (Å²) in [7, 11) is 1.95. The molecule has 3 heteroatoms. The second-order valence-corrected chi connectivity index (χ2v) is 2.49. The number of hydrogen-bond acceptors (Lipinski definition) is 3. The Bertz CT molecular complexity index is 83.7. The average molecular weight is 145 g/mol. The average Bonchev–Trinajstić information content (AvgIpc) is 2.71. The molecule has 0 aromatic carbocycles. The zero-order valence-corrected chi connectivity index (χ0v) is 6.43. The van der Waals surface area contributed by atoms with E-state index < -0.39 is 0 Å². The van der Waals surface area contributed by atoms with E-state index in [-0.39, 0.29) is 0 Å². The van der Waals surface area contributed by atoms with Crippen LogP contribution in [0.15, 0.2) is 0 Å². The number of nitrogens with one attached hydrogen (secondary N) is 1. The first-order valence-corrected chi connectivity index (χ1v) is 3.77. The van der Waals surface area contributed by atoms with Crippen LogP contribution in [0.5, 0.6) is 0 Å². The molecule has 0 amide bonds. The van der Waals surface area contributed by atoms with Gasteiger partial charge in [-0.05, 0) is 20.0 Å². The largest absolute Gasteiger partial charge is 0.379 e. The molecule has 0 aromatic rings. The third-order valence-electron chi connectivity index (χ3n) is 1.42. The summed E-state index contributed by atoms with van der Waals surface area (Å²) in [4.78, 5) is 0. The first-order valence-electron chi connectivity index (χ1n) is 3.77. The summed E-state index contributed by atoms with van der Waals surface area (Å²) >= 11 is 0. The number of rotatable bonds is 6. The van der Waals surface area contributed by atoms with Gasteiger partial charge in [0.15, 0.2) is 0 Å². The van der Waals surface area contributed by atoms with Gasteiger partial charge in [-0.2, -0.15) is 0 Å². The van der Waals surface area contributed by atoms with E-state index in [1.165, 1.54) is 0 Å². The summed E-state index contributed by atoms with van der Waals surface area (Å²) in [6, 6.07) is 0. The summed E-state index contributed by atoms with van der Waals surface area (Å²) < 4.78 is 10.3. The molecule has 0 spiro atoms. The second-order valence-electron chi connectivity index (χ2n) is 2.49. The normalized spacial score (nSPS) is 23.1. The smallest absolute Gasteiger partial charge is 0.104 e. The van der Waals surface area contributed by atoms with Gasteiger partial charge in [0.1, 0.15) is 6.10 Å². The third kappa shape index (κ3) is 3.82. The Labute approximate surface area is 61.7 Å². The van der Waals surface area contributed by atoms with Crippen molar-refractivity contribution in [1.29, 1.82) is 0 Å². The summed E-state index contributed by atoms with van der Waals surface area (Å²) in [5, 5.41) is 3.06. The molecular weight excluding hydrogens is 130 g/mol. The minimum atomic E-state index is 0.412. The number of hydrogen-bond donors (Lipinski definition) is 1. The van der Waals surface area contributed by atoms with Crippen LogP contribution >= 0.6 is 0 Å². The molecule has 1 fully saturated rings. The summed E-state index contributed by atoms with van der Waals surface area (Å²) in [6.07, 6.45) is 1.50. The molecule has 60 valence electrons. The molecule has 1 heterocycles. The zero-order chi connectivity index (χ0) is 7.23. The van der Waals surface area contributed by atoms with Crippen molar-refractivity contribution < 1.29 is 9.47 Å². The van der Waals surface area contributed by atoms with Gasteiger partial charge in [0.25, 0.3) is 0 Å². The highest BCUT2D eigenvalue weighted by atomic mass is 16.6. The molecule has 0 bridgehead atoms. The maximum absolute atomic E-state index is 5.29. The van der Waals surface area contributed by atoms with Crippen molar-refractivity contribution in [3.8, 4) is 0 Å². The lowest BCUT2D eigenvalue weighted by atomic mass is 10.4. The van der Waals surface area contributed by atoms with Crippen LogP contribution in [0.2, 0.25) is 0 Å². The van der Waals surface area contributed by atoms with Gasteiger partial charge >= 0.3 is 0 Å². The van der Waals surface area contributed by atoms with Crippen molar-refractivity contribution in [2.45, 2.75) is 12.5 Å². The van der Waals surface area contributed by atoms with Crippen LogP contribution in [-0.2, 0) is 9.47 Å². The van der Waals surface area contributed by atoms with Gasteiger partial charge in [0.2, 0.25) is 0 Å². The molecule has 1 aliphatic heterocycles. The Kier molecular flexibility index (Phi) is 3.72. The topological polar surface area (TPSA) is 33.8 Å². The van der Waals surface area contributed by atoms with Crippen molar-refractivity contribution in [2.24, 2.45) is 0 Å². The van der Waals surface area contributed by atoms with Gasteiger partial charge in [-0.3, -0.25) is 0 Å². The summed E-state index contributed by atoms with van der Waals surface area (Å²) in [6.45, 7) is 3.56. The van der Waals surface area contributed by atoms with Gasteiger partial charge in [-0.25, -0.2) is 0 Å². The molecule has 0 saturated carbocycles. The Morgan fingerprint density at radius 2 is 2.50 bits per heavy atom. The Morgan fingerprint density at radius 3 is 3.10 bits per heavy atom. The molecule has 1 rings (SSSR count). The lowest BCUT2D eigenvalue weighted by Gasteiger charge is -2.00. The van der Waals surface area contributed by atoms with Gasteiger partial charge < -0.3 is 14.8 Å². The molecule has 1 N–H and O–H groups in total. The molecular formula is C7H15NO2. The molecule has 0 radical (unpaired) electrons. The van der Waals surface area contributed by atoms with E-state index in [4.69, 9.17) is 9.47 Å². The maximum atomic E-state index is 5.29. The number of epoxide rings is 1. The van der Waals surface area contributed by atoms with E-state index in [0.717, 1.165) is 32.8 Å². The molecule has 3 nitrogen and oxygen atoms in total. The highest BCUT2D eigenvalue weighted by Crippen LogP contribution is 2.08. The van der Waals surface area contributed by atoms with Gasteiger partial charge in [-0.1, -0.05) is 0 Å². The van der Waals surface area contributed by atoms with Crippen molar-refractivity contribution >= 4 is 0 Å². The van der Waals surface area contributed by atoms with Crippen LogP contribution in [0.25, 0.3) is 0 Å². The maximum Gasteiger partial charge on any atom is 0.104 e. The van der Waals surface area contributed by atoms with Crippen LogP contribution in [0.1, 0.15) is 6.42 Å². The van der Waals surface area contributed by atoms with Crippen LogP contribution in [0.3, 0.4) is 0 Å². The predicted octanol–water partition coefficient (Wildman–Crippen LogP) is 0.0113. The fourth-order valence-electron chi connectivity index (χ4n) is 0.730. The molecule has 1 aliphatic rings. The van der Waals surface area contributed by atoms with Crippen molar-refractivity contribution in [3.63, 3.8) is 0 Å². The van der Waals surface area contributed by atoms with E-state index in [1.807, 2.05) is 7.05 Å². The van der Waals surface area contributed by atoms with Crippen molar-refractivity contribution in [2.75, 3.05) is 33.4 Å². The van der Waals surface area contributed by atoms with E-state index >= 15 is 0 Å². The Morgan fingerprint density at radius 1 is 1.70 bits per heavy atom. The van der Waals surface area contributed by atoms with Gasteiger partial charge in [0, 0.05) is 6.61 Å². The Balaban J connectivity index is 1.68. The standard InChI is InChI=1S/C7H15NO2/c1-8-3-2-4-9-5-7-6-10-7/h7-8H,2-6H2,1H3. The SMILES string of the molecule is CNCCCOCC1CO1. The first-order chi connectivity index (χ1) is 4.93. The molecule has 10 heavy (non-hydrogen) atoms. The van der Waals surface area contributed by atoms with Crippen LogP contribution in [0, 0.1) is 0 Å². The van der Waals surface area contributed by atoms with Crippen molar-refractivity contribution in [1.82, 2.24) is 5.32 Å². The minimum Gasteiger partial charge on any atom is -0.379 e. The van der Waals surface area contributed by atoms with Crippen LogP contribution in [0.4, 0.5) is 0 Å². The monoisotopic (exact) mass is 145 g/mol. The van der Waals surface area contributed by atoms with E-state index in [1.54, 1.807) is 0 Å². The lowest BCUT2D eigenvalue weighted by molar-refractivity contribution is 0.114. The first kappa shape index (κ1) is 7.98. The van der Waals surface area contributed by atoms with E-state index in [2.05, 4.69) is 5.32 Å². The van der Waals surface area contributed by atoms with E-state index in [9.17, 15) is 0 Å². The zero-order valence-electron chi connectivity index (χ0n) is 6.43. The predicted molar refractivity (Wildman–Crippen MR) is 39.1 cm³/mol. The lowest BCUT2D eigenvalue weighted by Crippen LogP contribution is -2.11. The molecule has 1 unspecified atom stereocenters. The van der Waals surface area contributed by atoms with Gasteiger partial charge in [-0.15, -0.1) is 0 Å². The quantitative estimate of drug-likeness (QED) is 0.422. The summed E-state index contributed by atoms with van der Waals surface area (Å²) in [5.41, 5.74) is 0. The molecule has 0 aliphatic carbocycles. The highest BCUT2D eigenvalue weighted by Gasteiger charge is 2.21. The van der Waals surface area contributed by atoms with Gasteiger partial charge in [0.05, 0.1) is 13.2 Å². The third-order valence-corrected chi connectivity index (χ3v) is 1.42. The highest BCUT2D eigenvalue weighted by molar-refractivity contribution is 4.66. The number of ether oxygens (including phenoxy) is 2. The molecule has 0 aromatic heterocycles.